The molecule has 3 heteroatoms. The number of hydrogen-bond acceptors (Lipinski definition) is 2. The van der Waals surface area contributed by atoms with Crippen molar-refractivity contribution in [1.29, 1.82) is 0 Å². The average molecular weight is 250 g/mol. The summed E-state index contributed by atoms with van der Waals surface area (Å²) in [7, 11) is 0. The molecule has 0 bridgehead atoms. The van der Waals surface area contributed by atoms with Crippen LogP contribution in [0.2, 0.25) is 0 Å². The highest BCUT2D eigenvalue weighted by atomic mass is 16.2. The van der Waals surface area contributed by atoms with Crippen LogP contribution in [-0.2, 0) is 4.79 Å². The van der Waals surface area contributed by atoms with Gasteiger partial charge in [0.1, 0.15) is 0 Å². The maximum Gasteiger partial charge on any atom is 0.243 e. The molecule has 0 spiro atoms. The van der Waals surface area contributed by atoms with E-state index in [-0.39, 0.29) is 11.8 Å². The molecule has 0 heterocycles. The number of hydrazone groups is 1. The monoisotopic (exact) mass is 250 g/mol. The molecule has 18 heavy (non-hydrogen) atoms. The second-order valence-corrected chi connectivity index (χ2v) is 5.76. The van der Waals surface area contributed by atoms with Crippen molar-refractivity contribution in [3.8, 4) is 0 Å². The van der Waals surface area contributed by atoms with Crippen LogP contribution >= 0.6 is 0 Å². The summed E-state index contributed by atoms with van der Waals surface area (Å²) in [6, 6.07) is 0. The first-order valence-corrected chi connectivity index (χ1v) is 7.71. The van der Waals surface area contributed by atoms with Crippen LogP contribution in [0.5, 0.6) is 0 Å². The van der Waals surface area contributed by atoms with Crippen molar-refractivity contribution in [3.63, 3.8) is 0 Å². The fourth-order valence-corrected chi connectivity index (χ4v) is 3.02. The average Bonchev–Trinajstić information content (AvgIpc) is 2.38. The lowest BCUT2D eigenvalue weighted by atomic mass is 9.89. The van der Waals surface area contributed by atoms with Crippen LogP contribution in [0, 0.1) is 5.92 Å². The molecule has 1 N–H and O–H groups in total. The van der Waals surface area contributed by atoms with E-state index in [1.54, 1.807) is 0 Å². The zero-order chi connectivity index (χ0) is 12.6. The molecular weight excluding hydrogens is 224 g/mol. The maximum atomic E-state index is 12.0. The van der Waals surface area contributed by atoms with Gasteiger partial charge in [-0.3, -0.25) is 4.79 Å². The molecule has 0 unspecified atom stereocenters. The molecule has 0 saturated heterocycles. The van der Waals surface area contributed by atoms with E-state index in [4.69, 9.17) is 0 Å². The molecule has 3 nitrogen and oxygen atoms in total. The number of hydrogen-bond donors (Lipinski definition) is 1. The van der Waals surface area contributed by atoms with E-state index < -0.39 is 0 Å². The normalized spacial score (nSPS) is 23.0. The van der Waals surface area contributed by atoms with E-state index in [1.165, 1.54) is 57.1 Å². The van der Waals surface area contributed by atoms with Gasteiger partial charge in [0.25, 0.3) is 0 Å². The topological polar surface area (TPSA) is 41.5 Å². The molecule has 2 aliphatic carbocycles. The van der Waals surface area contributed by atoms with Gasteiger partial charge in [-0.25, -0.2) is 5.43 Å². The highest BCUT2D eigenvalue weighted by Gasteiger charge is 2.20. The Kier molecular flexibility index (Phi) is 5.69. The zero-order valence-corrected chi connectivity index (χ0v) is 11.4. The molecular formula is C15H26N2O. The summed E-state index contributed by atoms with van der Waals surface area (Å²) in [6.45, 7) is 0. The van der Waals surface area contributed by atoms with Gasteiger partial charge in [-0.1, -0.05) is 38.5 Å². The summed E-state index contributed by atoms with van der Waals surface area (Å²) >= 11 is 0. The highest BCUT2D eigenvalue weighted by Crippen LogP contribution is 2.23. The fourth-order valence-electron chi connectivity index (χ4n) is 3.02. The van der Waals surface area contributed by atoms with Crippen molar-refractivity contribution in [1.82, 2.24) is 5.43 Å². The van der Waals surface area contributed by atoms with E-state index >= 15 is 0 Å². The van der Waals surface area contributed by atoms with Gasteiger partial charge in [0.05, 0.1) is 0 Å². The molecule has 0 aromatic rings. The van der Waals surface area contributed by atoms with Crippen LogP contribution in [0.1, 0.15) is 77.0 Å². The summed E-state index contributed by atoms with van der Waals surface area (Å²) in [5, 5.41) is 4.38. The van der Waals surface area contributed by atoms with E-state index in [0.717, 1.165) is 25.7 Å². The third-order valence-electron chi connectivity index (χ3n) is 4.23. The summed E-state index contributed by atoms with van der Waals surface area (Å²) in [4.78, 5) is 12.0. The Balaban J connectivity index is 1.78. The second-order valence-electron chi connectivity index (χ2n) is 5.76. The van der Waals surface area contributed by atoms with Gasteiger partial charge in [-0.15, -0.1) is 0 Å². The first kappa shape index (κ1) is 13.6. The van der Waals surface area contributed by atoms with Crippen molar-refractivity contribution in [2.75, 3.05) is 0 Å². The number of amides is 1. The molecule has 0 radical (unpaired) electrons. The standard InChI is InChI=1S/C15H26N2O/c18-15(13-9-5-4-6-10-13)17-16-14-11-7-2-1-3-8-12-14/h13H,1-12H2,(H,17,18). The summed E-state index contributed by atoms with van der Waals surface area (Å²) in [5.41, 5.74) is 4.03. The fraction of sp³-hybridized carbons (Fsp3) is 0.867. The lowest BCUT2D eigenvalue weighted by molar-refractivity contribution is -0.125. The third-order valence-corrected chi connectivity index (χ3v) is 4.23. The van der Waals surface area contributed by atoms with Gasteiger partial charge in [-0.05, 0) is 38.5 Å². The van der Waals surface area contributed by atoms with Gasteiger partial charge in [-0.2, -0.15) is 5.10 Å². The van der Waals surface area contributed by atoms with Gasteiger partial charge in [0, 0.05) is 11.6 Å². The molecule has 2 aliphatic rings. The van der Waals surface area contributed by atoms with Gasteiger partial charge < -0.3 is 0 Å². The summed E-state index contributed by atoms with van der Waals surface area (Å²) in [5.74, 6) is 0.376. The quantitative estimate of drug-likeness (QED) is 0.744. The van der Waals surface area contributed by atoms with Crippen LogP contribution < -0.4 is 5.43 Å². The minimum atomic E-state index is 0.157. The summed E-state index contributed by atoms with van der Waals surface area (Å²) in [6.07, 6.45) is 14.4. The molecule has 1 amide bonds. The smallest absolute Gasteiger partial charge is 0.243 e. The lowest BCUT2D eigenvalue weighted by Gasteiger charge is -2.19. The van der Waals surface area contributed by atoms with Crippen LogP contribution in [0.3, 0.4) is 0 Å². The van der Waals surface area contributed by atoms with Gasteiger partial charge >= 0.3 is 0 Å². The number of nitrogens with zero attached hydrogens (tertiary/aromatic N) is 1. The molecule has 0 aromatic heterocycles. The second kappa shape index (κ2) is 7.55. The van der Waals surface area contributed by atoms with Crippen LogP contribution in [0.15, 0.2) is 5.10 Å². The Morgan fingerprint density at radius 3 is 2.11 bits per heavy atom. The van der Waals surface area contributed by atoms with E-state index in [0.29, 0.717) is 0 Å². The summed E-state index contributed by atoms with van der Waals surface area (Å²) < 4.78 is 0. The lowest BCUT2D eigenvalue weighted by Crippen LogP contribution is -2.29. The highest BCUT2D eigenvalue weighted by molar-refractivity contribution is 5.86. The number of carbonyl (C=O) groups excluding carboxylic acids is 1. The van der Waals surface area contributed by atoms with Crippen LogP contribution in [0.25, 0.3) is 0 Å². The largest absolute Gasteiger partial charge is 0.273 e. The Morgan fingerprint density at radius 1 is 0.889 bits per heavy atom. The maximum absolute atomic E-state index is 12.0. The molecule has 0 aliphatic heterocycles. The predicted octanol–water partition coefficient (Wildman–Crippen LogP) is 3.78. The SMILES string of the molecule is O=C(NN=C1CCCCCCC1)C1CCCCC1. The molecule has 102 valence electrons. The van der Waals surface area contributed by atoms with Crippen molar-refractivity contribution in [3.05, 3.63) is 0 Å². The van der Waals surface area contributed by atoms with Crippen molar-refractivity contribution < 1.29 is 4.79 Å². The third kappa shape index (κ3) is 4.43. The van der Waals surface area contributed by atoms with Crippen LogP contribution in [-0.4, -0.2) is 11.6 Å². The first-order chi connectivity index (χ1) is 8.86. The molecule has 0 atom stereocenters. The van der Waals surface area contributed by atoms with E-state index in [1.807, 2.05) is 0 Å². The minimum absolute atomic E-state index is 0.157. The number of rotatable bonds is 2. The van der Waals surface area contributed by atoms with Gasteiger partial charge in [0.15, 0.2) is 0 Å². The Hall–Kier alpha value is -0.860. The molecule has 0 aromatic carbocycles. The zero-order valence-electron chi connectivity index (χ0n) is 11.4. The Labute approximate surface area is 110 Å². The van der Waals surface area contributed by atoms with Crippen LogP contribution in [0.4, 0.5) is 0 Å². The molecule has 2 fully saturated rings. The van der Waals surface area contributed by atoms with Crippen molar-refractivity contribution in [2.24, 2.45) is 11.0 Å². The predicted molar refractivity (Wildman–Crippen MR) is 74.5 cm³/mol. The Bertz CT molecular complexity index is 283. The van der Waals surface area contributed by atoms with E-state index in [9.17, 15) is 4.79 Å². The van der Waals surface area contributed by atoms with Gasteiger partial charge in [0.2, 0.25) is 5.91 Å². The minimum Gasteiger partial charge on any atom is -0.273 e. The van der Waals surface area contributed by atoms with Crippen molar-refractivity contribution >= 4 is 11.6 Å². The first-order valence-electron chi connectivity index (χ1n) is 7.71. The number of carbonyl (C=O) groups is 1. The number of nitrogens with one attached hydrogen (secondary N) is 1. The van der Waals surface area contributed by atoms with E-state index in [2.05, 4.69) is 10.5 Å². The Morgan fingerprint density at radius 2 is 1.44 bits per heavy atom. The molecule has 2 saturated carbocycles. The van der Waals surface area contributed by atoms with Crippen molar-refractivity contribution in [2.45, 2.75) is 77.0 Å². The molecule has 2 rings (SSSR count).